The summed E-state index contributed by atoms with van der Waals surface area (Å²) in [5.41, 5.74) is 3.05. The molecule has 2 aromatic rings. The van der Waals surface area contributed by atoms with Gasteiger partial charge in [0.1, 0.15) is 5.82 Å². The van der Waals surface area contributed by atoms with Crippen LogP contribution in [0.15, 0.2) is 12.3 Å². The number of nitrogens with one attached hydrogen (secondary N) is 1. The van der Waals surface area contributed by atoms with Crippen molar-refractivity contribution in [2.75, 3.05) is 44.2 Å². The Bertz CT molecular complexity index is 944. The molecule has 1 amide bonds. The Morgan fingerprint density at radius 3 is 2.60 bits per heavy atom. The summed E-state index contributed by atoms with van der Waals surface area (Å²) < 4.78 is 40.5. The van der Waals surface area contributed by atoms with Gasteiger partial charge in [0.2, 0.25) is 5.91 Å². The lowest BCUT2D eigenvalue weighted by Gasteiger charge is -2.44. The number of piperidine rings is 1. The molecule has 0 atom stereocenters. The molecular formula is C20H25F3N6O. The van der Waals surface area contributed by atoms with Crippen molar-refractivity contribution in [1.29, 1.82) is 0 Å². The number of carbonyl (C=O) groups excluding carboxylic acids is 1. The van der Waals surface area contributed by atoms with E-state index < -0.39 is 12.1 Å². The zero-order valence-electron chi connectivity index (χ0n) is 16.7. The summed E-state index contributed by atoms with van der Waals surface area (Å²) in [6, 6.07) is 1.88. The van der Waals surface area contributed by atoms with Crippen molar-refractivity contribution in [2.45, 2.75) is 31.9 Å². The second kappa shape index (κ2) is 7.40. The van der Waals surface area contributed by atoms with Crippen LogP contribution in [-0.4, -0.2) is 70.8 Å². The fourth-order valence-corrected chi connectivity index (χ4v) is 4.83. The molecule has 30 heavy (non-hydrogen) atoms. The monoisotopic (exact) mass is 422 g/mol. The van der Waals surface area contributed by atoms with Gasteiger partial charge in [-0.05, 0) is 25.8 Å². The Kier molecular flexibility index (Phi) is 4.83. The first-order valence-electron chi connectivity index (χ1n) is 10.6. The second-order valence-electron chi connectivity index (χ2n) is 8.45. The Balaban J connectivity index is 1.29. The van der Waals surface area contributed by atoms with Gasteiger partial charge in [0, 0.05) is 50.8 Å². The molecule has 2 aromatic heterocycles. The van der Waals surface area contributed by atoms with Gasteiger partial charge in [0.05, 0.1) is 23.7 Å². The van der Waals surface area contributed by atoms with Gasteiger partial charge in [-0.2, -0.15) is 22.8 Å². The normalized spacial score (nSPS) is 21.4. The third-order valence-electron chi connectivity index (χ3n) is 6.58. The lowest BCUT2D eigenvalue weighted by atomic mass is 9.92. The number of rotatable bonds is 2. The van der Waals surface area contributed by atoms with Crippen LogP contribution in [0.5, 0.6) is 0 Å². The van der Waals surface area contributed by atoms with Crippen LogP contribution in [0.2, 0.25) is 0 Å². The number of likely N-dealkylation sites (tertiary alicyclic amines) is 1. The zero-order chi connectivity index (χ0) is 20.9. The number of carbonyl (C=O) groups is 1. The molecule has 0 bridgehead atoms. The number of anilines is 1. The van der Waals surface area contributed by atoms with Crippen molar-refractivity contribution in [1.82, 2.24) is 24.8 Å². The lowest BCUT2D eigenvalue weighted by Crippen LogP contribution is -2.56. The van der Waals surface area contributed by atoms with Crippen LogP contribution in [0.1, 0.15) is 24.1 Å². The first-order valence-corrected chi connectivity index (χ1v) is 10.6. The predicted octanol–water partition coefficient (Wildman–Crippen LogP) is 1.65. The molecule has 10 heteroatoms. The molecule has 162 valence electrons. The van der Waals surface area contributed by atoms with E-state index in [4.69, 9.17) is 4.98 Å². The molecule has 2 saturated heterocycles. The molecule has 7 nitrogen and oxygen atoms in total. The van der Waals surface area contributed by atoms with E-state index in [1.165, 1.54) is 5.56 Å². The van der Waals surface area contributed by atoms with Gasteiger partial charge < -0.3 is 15.1 Å². The van der Waals surface area contributed by atoms with Crippen molar-refractivity contribution < 1.29 is 18.0 Å². The number of hydrogen-bond acceptors (Lipinski definition) is 5. The minimum absolute atomic E-state index is 0.00441. The summed E-state index contributed by atoms with van der Waals surface area (Å²) in [7, 11) is 0. The molecular weight excluding hydrogens is 397 g/mol. The summed E-state index contributed by atoms with van der Waals surface area (Å²) in [6.45, 7) is 3.28. The van der Waals surface area contributed by atoms with Gasteiger partial charge in [0.15, 0.2) is 5.65 Å². The lowest BCUT2D eigenvalue weighted by molar-refractivity contribution is -0.187. The van der Waals surface area contributed by atoms with E-state index in [-0.39, 0.29) is 37.8 Å². The van der Waals surface area contributed by atoms with Crippen LogP contribution in [0.3, 0.4) is 0 Å². The molecule has 3 aliphatic rings. The van der Waals surface area contributed by atoms with Crippen molar-refractivity contribution in [3.8, 4) is 0 Å². The molecule has 0 saturated carbocycles. The number of fused-ring (bicyclic) bond motifs is 2. The van der Waals surface area contributed by atoms with Crippen LogP contribution in [-0.2, 0) is 17.6 Å². The molecule has 0 aliphatic carbocycles. The van der Waals surface area contributed by atoms with Crippen molar-refractivity contribution in [2.24, 2.45) is 11.8 Å². The van der Waals surface area contributed by atoms with Gasteiger partial charge in [-0.3, -0.25) is 4.79 Å². The fourth-order valence-electron chi connectivity index (χ4n) is 4.83. The summed E-state index contributed by atoms with van der Waals surface area (Å²) >= 11 is 0. The highest BCUT2D eigenvalue weighted by Gasteiger charge is 2.44. The maximum absolute atomic E-state index is 12.9. The van der Waals surface area contributed by atoms with E-state index in [0.717, 1.165) is 43.1 Å². The van der Waals surface area contributed by atoms with Gasteiger partial charge in [-0.15, -0.1) is 0 Å². The van der Waals surface area contributed by atoms with Crippen LogP contribution in [0.4, 0.5) is 19.0 Å². The minimum Gasteiger partial charge on any atom is -0.354 e. The van der Waals surface area contributed by atoms with Gasteiger partial charge in [-0.25, -0.2) is 4.98 Å². The molecule has 0 unspecified atom stereocenters. The average molecular weight is 422 g/mol. The number of aromatic nitrogens is 3. The first kappa shape index (κ1) is 19.6. The number of alkyl halides is 3. The molecule has 0 radical (unpaired) electrons. The molecule has 5 rings (SSSR count). The molecule has 2 fully saturated rings. The third kappa shape index (κ3) is 3.40. The summed E-state index contributed by atoms with van der Waals surface area (Å²) in [4.78, 5) is 21.4. The van der Waals surface area contributed by atoms with E-state index >= 15 is 0 Å². The standard InChI is InChI=1S/C20H25F3N6O/c21-20(22,23)14-4-9-27(10-5-14)19(30)13-11-28(12-13)18-15-1-6-24-7-2-16(15)26-17-3-8-25-29(17)18/h3,8,13-14,24H,1-2,4-7,9-12H2. The Morgan fingerprint density at radius 1 is 1.13 bits per heavy atom. The smallest absolute Gasteiger partial charge is 0.354 e. The third-order valence-corrected chi connectivity index (χ3v) is 6.58. The molecule has 5 heterocycles. The number of hydrogen-bond donors (Lipinski definition) is 1. The highest BCUT2D eigenvalue weighted by atomic mass is 19.4. The molecule has 0 aromatic carbocycles. The Morgan fingerprint density at radius 2 is 1.87 bits per heavy atom. The van der Waals surface area contributed by atoms with Gasteiger partial charge in [-0.1, -0.05) is 0 Å². The maximum Gasteiger partial charge on any atom is 0.391 e. The minimum atomic E-state index is -4.16. The van der Waals surface area contributed by atoms with Crippen LogP contribution in [0.25, 0.3) is 5.65 Å². The SMILES string of the molecule is O=C(C1CN(c2c3c(nc4ccnn24)CCNCC3)C1)N1CCC(C(F)(F)F)CC1. The predicted molar refractivity (Wildman–Crippen MR) is 104 cm³/mol. The number of halogens is 3. The molecule has 0 spiro atoms. The second-order valence-corrected chi connectivity index (χ2v) is 8.45. The van der Waals surface area contributed by atoms with Crippen molar-refractivity contribution >= 4 is 17.4 Å². The summed E-state index contributed by atoms with van der Waals surface area (Å²) in [6.07, 6.45) is -0.709. The zero-order valence-corrected chi connectivity index (χ0v) is 16.7. The van der Waals surface area contributed by atoms with E-state index in [2.05, 4.69) is 15.3 Å². The van der Waals surface area contributed by atoms with Crippen molar-refractivity contribution in [3.05, 3.63) is 23.5 Å². The number of nitrogens with zero attached hydrogens (tertiary/aromatic N) is 5. The van der Waals surface area contributed by atoms with E-state index in [1.54, 1.807) is 11.1 Å². The average Bonchev–Trinajstić information content (AvgIpc) is 3.02. The number of amides is 1. The van der Waals surface area contributed by atoms with Gasteiger partial charge >= 0.3 is 6.18 Å². The maximum atomic E-state index is 12.9. The van der Waals surface area contributed by atoms with Crippen LogP contribution < -0.4 is 10.2 Å². The van der Waals surface area contributed by atoms with E-state index in [9.17, 15) is 18.0 Å². The van der Waals surface area contributed by atoms with E-state index in [0.29, 0.717) is 13.1 Å². The quantitative estimate of drug-likeness (QED) is 0.798. The van der Waals surface area contributed by atoms with Crippen LogP contribution in [0, 0.1) is 11.8 Å². The summed E-state index contributed by atoms with van der Waals surface area (Å²) in [5, 5.41) is 7.84. The van der Waals surface area contributed by atoms with Gasteiger partial charge in [0.25, 0.3) is 0 Å². The van der Waals surface area contributed by atoms with Crippen molar-refractivity contribution in [3.63, 3.8) is 0 Å². The van der Waals surface area contributed by atoms with E-state index in [1.807, 2.05) is 10.6 Å². The largest absolute Gasteiger partial charge is 0.391 e. The summed E-state index contributed by atoms with van der Waals surface area (Å²) in [5.74, 6) is -0.479. The molecule has 1 N–H and O–H groups in total. The Labute approximate surface area is 172 Å². The highest BCUT2D eigenvalue weighted by molar-refractivity contribution is 5.82. The first-order chi connectivity index (χ1) is 14.4. The van der Waals surface area contributed by atoms with Crippen LogP contribution >= 0.6 is 0 Å². The molecule has 3 aliphatic heterocycles. The Hall–Kier alpha value is -2.36. The highest BCUT2D eigenvalue weighted by Crippen LogP contribution is 2.36. The fraction of sp³-hybridized carbons (Fsp3) is 0.650. The topological polar surface area (TPSA) is 65.8 Å².